The molecule has 1 aromatic carbocycles. The van der Waals surface area contributed by atoms with E-state index in [-0.39, 0.29) is 6.04 Å². The van der Waals surface area contributed by atoms with E-state index < -0.39 is 0 Å². The average Bonchev–Trinajstić information content (AvgIpc) is 2.74. The molecule has 1 aromatic heterocycles. The van der Waals surface area contributed by atoms with Gasteiger partial charge in [0, 0.05) is 14.3 Å². The summed E-state index contributed by atoms with van der Waals surface area (Å²) in [5.74, 6) is 0. The third-order valence-electron chi connectivity index (χ3n) is 3.03. The quantitative estimate of drug-likeness (QED) is 0.761. The monoisotopic (exact) mass is 387 g/mol. The molecule has 2 rings (SSSR count). The van der Waals surface area contributed by atoms with E-state index in [4.69, 9.17) is 0 Å². The predicted octanol–water partition coefficient (Wildman–Crippen LogP) is 5.20. The summed E-state index contributed by atoms with van der Waals surface area (Å²) in [6.07, 6.45) is 0. The van der Waals surface area contributed by atoms with Crippen LogP contribution in [0.15, 0.2) is 31.8 Å². The standard InChI is InChI=1S/C14H15Br2NS/c1-8-4-10(5-9(2)13(8)16)14(17-3)11-6-18-7-12(11)15/h4-7,14,17H,1-3H3. The van der Waals surface area contributed by atoms with Gasteiger partial charge in [0.2, 0.25) is 0 Å². The molecule has 0 amide bonds. The summed E-state index contributed by atoms with van der Waals surface area (Å²) in [6.45, 7) is 4.27. The van der Waals surface area contributed by atoms with Crippen LogP contribution in [0.5, 0.6) is 0 Å². The van der Waals surface area contributed by atoms with Crippen molar-refractivity contribution in [1.29, 1.82) is 0 Å². The highest BCUT2D eigenvalue weighted by atomic mass is 79.9. The molecule has 96 valence electrons. The third kappa shape index (κ3) is 2.72. The Bertz CT molecular complexity index is 540. The maximum Gasteiger partial charge on any atom is 0.0593 e. The van der Waals surface area contributed by atoms with Crippen LogP contribution in [-0.4, -0.2) is 7.05 Å². The first-order valence-corrected chi connectivity index (χ1v) is 8.23. The molecule has 2 aromatic rings. The lowest BCUT2D eigenvalue weighted by Gasteiger charge is -2.18. The maximum absolute atomic E-state index is 3.62. The molecule has 1 atom stereocenters. The van der Waals surface area contributed by atoms with Crippen LogP contribution in [0.3, 0.4) is 0 Å². The molecule has 0 saturated carbocycles. The summed E-state index contributed by atoms with van der Waals surface area (Å²) in [7, 11) is 2.00. The minimum atomic E-state index is 0.233. The Morgan fingerprint density at radius 1 is 1.11 bits per heavy atom. The van der Waals surface area contributed by atoms with Crippen LogP contribution in [-0.2, 0) is 0 Å². The molecule has 1 nitrogen and oxygen atoms in total. The average molecular weight is 389 g/mol. The van der Waals surface area contributed by atoms with Crippen molar-refractivity contribution < 1.29 is 0 Å². The molecule has 4 heteroatoms. The van der Waals surface area contributed by atoms with Gasteiger partial charge in [0.25, 0.3) is 0 Å². The first kappa shape index (κ1) is 14.3. The van der Waals surface area contributed by atoms with Crippen molar-refractivity contribution in [2.24, 2.45) is 0 Å². The summed E-state index contributed by atoms with van der Waals surface area (Å²) in [6, 6.07) is 4.71. The van der Waals surface area contributed by atoms with Crippen molar-refractivity contribution >= 4 is 43.2 Å². The number of rotatable bonds is 3. The number of hydrogen-bond donors (Lipinski definition) is 1. The van der Waals surface area contributed by atoms with E-state index in [1.165, 1.54) is 31.2 Å². The fourth-order valence-electron chi connectivity index (χ4n) is 2.15. The van der Waals surface area contributed by atoms with Crippen LogP contribution in [0.2, 0.25) is 0 Å². The van der Waals surface area contributed by atoms with Crippen LogP contribution in [0.4, 0.5) is 0 Å². The third-order valence-corrected chi connectivity index (χ3v) is 6.04. The maximum atomic E-state index is 3.62. The zero-order valence-corrected chi connectivity index (χ0v) is 14.5. The van der Waals surface area contributed by atoms with Crippen LogP contribution in [0, 0.1) is 13.8 Å². The van der Waals surface area contributed by atoms with Crippen LogP contribution in [0.1, 0.15) is 28.3 Å². The Morgan fingerprint density at radius 3 is 2.17 bits per heavy atom. The highest BCUT2D eigenvalue weighted by Crippen LogP contribution is 2.33. The second-order valence-electron chi connectivity index (χ2n) is 4.37. The largest absolute Gasteiger partial charge is 0.309 e. The number of nitrogens with one attached hydrogen (secondary N) is 1. The van der Waals surface area contributed by atoms with E-state index in [0.29, 0.717) is 0 Å². The number of benzene rings is 1. The normalized spacial score (nSPS) is 12.7. The van der Waals surface area contributed by atoms with Crippen molar-refractivity contribution in [1.82, 2.24) is 5.32 Å². The summed E-state index contributed by atoms with van der Waals surface area (Å²) in [4.78, 5) is 0. The summed E-state index contributed by atoms with van der Waals surface area (Å²) >= 11 is 8.96. The molecule has 0 aliphatic heterocycles. The first-order chi connectivity index (χ1) is 8.54. The molecule has 1 heterocycles. The molecular weight excluding hydrogens is 374 g/mol. The van der Waals surface area contributed by atoms with Gasteiger partial charge in [-0.2, -0.15) is 11.3 Å². The van der Waals surface area contributed by atoms with Gasteiger partial charge in [-0.3, -0.25) is 0 Å². The minimum absolute atomic E-state index is 0.233. The van der Waals surface area contributed by atoms with E-state index >= 15 is 0 Å². The van der Waals surface area contributed by atoms with E-state index in [1.807, 2.05) is 7.05 Å². The molecule has 0 saturated heterocycles. The Hall–Kier alpha value is -0.160. The lowest BCUT2D eigenvalue weighted by atomic mass is 9.97. The Morgan fingerprint density at radius 2 is 1.72 bits per heavy atom. The molecule has 0 spiro atoms. The fourth-order valence-corrected chi connectivity index (χ4v) is 3.93. The van der Waals surface area contributed by atoms with E-state index in [9.17, 15) is 0 Å². The zero-order chi connectivity index (χ0) is 13.3. The van der Waals surface area contributed by atoms with Crippen molar-refractivity contribution in [2.45, 2.75) is 19.9 Å². The van der Waals surface area contributed by atoms with Gasteiger partial charge in [-0.15, -0.1) is 0 Å². The smallest absolute Gasteiger partial charge is 0.0593 e. The van der Waals surface area contributed by atoms with Crippen LogP contribution in [0.25, 0.3) is 0 Å². The van der Waals surface area contributed by atoms with Gasteiger partial charge in [0.1, 0.15) is 0 Å². The first-order valence-electron chi connectivity index (χ1n) is 5.70. The number of hydrogen-bond acceptors (Lipinski definition) is 2. The van der Waals surface area contributed by atoms with E-state index in [1.54, 1.807) is 11.3 Å². The zero-order valence-electron chi connectivity index (χ0n) is 10.6. The lowest BCUT2D eigenvalue weighted by molar-refractivity contribution is 0.690. The summed E-state index contributed by atoms with van der Waals surface area (Å²) in [5.41, 5.74) is 5.15. The Labute approximate surface area is 129 Å². The number of halogens is 2. The van der Waals surface area contributed by atoms with Crippen molar-refractivity contribution in [2.75, 3.05) is 7.05 Å². The molecule has 1 N–H and O–H groups in total. The van der Waals surface area contributed by atoms with E-state index in [0.717, 1.165) is 0 Å². The molecule has 0 radical (unpaired) electrons. The highest BCUT2D eigenvalue weighted by molar-refractivity contribution is 9.10. The Balaban J connectivity index is 2.49. The van der Waals surface area contributed by atoms with Crippen molar-refractivity contribution in [3.63, 3.8) is 0 Å². The van der Waals surface area contributed by atoms with Gasteiger partial charge < -0.3 is 5.32 Å². The molecule has 0 fully saturated rings. The van der Waals surface area contributed by atoms with Crippen molar-refractivity contribution in [3.8, 4) is 0 Å². The lowest BCUT2D eigenvalue weighted by Crippen LogP contribution is -2.17. The predicted molar refractivity (Wildman–Crippen MR) is 86.5 cm³/mol. The van der Waals surface area contributed by atoms with Gasteiger partial charge in [-0.25, -0.2) is 0 Å². The molecular formula is C14H15Br2NS. The van der Waals surface area contributed by atoms with Gasteiger partial charge in [0.05, 0.1) is 6.04 Å². The van der Waals surface area contributed by atoms with Crippen LogP contribution >= 0.6 is 43.2 Å². The number of aryl methyl sites for hydroxylation is 2. The molecule has 1 unspecified atom stereocenters. The molecule has 0 aliphatic rings. The van der Waals surface area contributed by atoms with Crippen LogP contribution < -0.4 is 5.32 Å². The fraction of sp³-hybridized carbons (Fsp3) is 0.286. The topological polar surface area (TPSA) is 12.0 Å². The minimum Gasteiger partial charge on any atom is -0.309 e. The molecule has 18 heavy (non-hydrogen) atoms. The second kappa shape index (κ2) is 5.87. The number of thiophene rings is 1. The summed E-state index contributed by atoms with van der Waals surface area (Å²) < 4.78 is 2.37. The highest BCUT2D eigenvalue weighted by Gasteiger charge is 2.17. The second-order valence-corrected chi connectivity index (χ2v) is 6.76. The molecule has 0 aliphatic carbocycles. The van der Waals surface area contributed by atoms with Gasteiger partial charge in [0.15, 0.2) is 0 Å². The van der Waals surface area contributed by atoms with Gasteiger partial charge >= 0.3 is 0 Å². The van der Waals surface area contributed by atoms with Gasteiger partial charge in [-0.05, 0) is 64.5 Å². The van der Waals surface area contributed by atoms with Gasteiger partial charge in [-0.1, -0.05) is 28.1 Å². The Kier molecular flexibility index (Phi) is 4.64. The molecule has 0 bridgehead atoms. The van der Waals surface area contributed by atoms with E-state index in [2.05, 4.69) is 73.9 Å². The SMILES string of the molecule is CNC(c1cc(C)c(Br)c(C)c1)c1cscc1Br. The summed E-state index contributed by atoms with van der Waals surface area (Å²) in [5, 5.41) is 7.71. The van der Waals surface area contributed by atoms with Crippen molar-refractivity contribution in [3.05, 3.63) is 54.1 Å².